The number of hydrogen-bond donors (Lipinski definition) is 1. The summed E-state index contributed by atoms with van der Waals surface area (Å²) in [4.78, 5) is 16.1. The lowest BCUT2D eigenvalue weighted by Gasteiger charge is -2.09. The Balaban J connectivity index is 1.88. The first-order valence-corrected chi connectivity index (χ1v) is 7.86. The average Bonchev–Trinajstić information content (AvgIpc) is 2.88. The fraction of sp³-hybridized carbons (Fsp3) is 0.0588. The van der Waals surface area contributed by atoms with Crippen molar-refractivity contribution in [3.8, 4) is 0 Å². The first-order valence-electron chi connectivity index (χ1n) is 7.04. The van der Waals surface area contributed by atoms with E-state index < -0.39 is 23.5 Å². The SMILES string of the molecule is O=C1NC(=Nc2ccccc2C(F)(F)F)SC1=Cc1ccc(F)cc1. The summed E-state index contributed by atoms with van der Waals surface area (Å²) in [5, 5.41) is 2.48. The van der Waals surface area contributed by atoms with Crippen LogP contribution in [0.25, 0.3) is 6.08 Å². The van der Waals surface area contributed by atoms with Crippen LogP contribution in [0.4, 0.5) is 23.2 Å². The number of aliphatic imine (C=N–C) groups is 1. The van der Waals surface area contributed by atoms with Crippen molar-refractivity contribution in [3.63, 3.8) is 0 Å². The van der Waals surface area contributed by atoms with Crippen LogP contribution in [0.2, 0.25) is 0 Å². The van der Waals surface area contributed by atoms with E-state index in [9.17, 15) is 22.4 Å². The van der Waals surface area contributed by atoms with Crippen LogP contribution in [0.1, 0.15) is 11.1 Å². The minimum Gasteiger partial charge on any atom is -0.300 e. The smallest absolute Gasteiger partial charge is 0.300 e. The minimum absolute atomic E-state index is 0.0510. The molecule has 3 nitrogen and oxygen atoms in total. The zero-order chi connectivity index (χ0) is 18.0. The van der Waals surface area contributed by atoms with E-state index in [1.165, 1.54) is 48.5 Å². The predicted molar refractivity (Wildman–Crippen MR) is 88.6 cm³/mol. The minimum atomic E-state index is -4.54. The van der Waals surface area contributed by atoms with Gasteiger partial charge in [-0.15, -0.1) is 0 Å². The van der Waals surface area contributed by atoms with E-state index in [0.717, 1.165) is 17.8 Å². The largest absolute Gasteiger partial charge is 0.418 e. The molecule has 1 aliphatic heterocycles. The van der Waals surface area contributed by atoms with Crippen LogP contribution in [0.5, 0.6) is 0 Å². The molecule has 0 unspecified atom stereocenters. The van der Waals surface area contributed by atoms with E-state index in [4.69, 9.17) is 0 Å². The van der Waals surface area contributed by atoms with Crippen LogP contribution < -0.4 is 5.32 Å². The van der Waals surface area contributed by atoms with Gasteiger partial charge >= 0.3 is 6.18 Å². The van der Waals surface area contributed by atoms with Crippen LogP contribution in [-0.2, 0) is 11.0 Å². The lowest BCUT2D eigenvalue weighted by Crippen LogP contribution is -2.19. The second-order valence-corrected chi connectivity index (χ2v) is 6.08. The summed E-state index contributed by atoms with van der Waals surface area (Å²) in [6.07, 6.45) is -3.03. The topological polar surface area (TPSA) is 41.5 Å². The number of alkyl halides is 3. The molecule has 0 bridgehead atoms. The van der Waals surface area contributed by atoms with Crippen molar-refractivity contribution in [2.45, 2.75) is 6.18 Å². The summed E-state index contributed by atoms with van der Waals surface area (Å²) in [7, 11) is 0. The molecule has 2 aromatic rings. The third-order valence-electron chi connectivity index (χ3n) is 3.25. The van der Waals surface area contributed by atoms with Crippen molar-refractivity contribution >= 4 is 34.6 Å². The van der Waals surface area contributed by atoms with E-state index in [1.807, 2.05) is 0 Å². The highest BCUT2D eigenvalue weighted by molar-refractivity contribution is 8.18. The summed E-state index contributed by atoms with van der Waals surface area (Å²) >= 11 is 0.921. The molecule has 8 heteroatoms. The number of nitrogens with zero attached hydrogens (tertiary/aromatic N) is 1. The van der Waals surface area contributed by atoms with E-state index in [2.05, 4.69) is 10.3 Å². The molecule has 0 spiro atoms. The molecule has 1 fully saturated rings. The predicted octanol–water partition coefficient (Wildman–Crippen LogP) is 4.74. The van der Waals surface area contributed by atoms with Crippen molar-refractivity contribution in [2.24, 2.45) is 4.99 Å². The fourth-order valence-electron chi connectivity index (χ4n) is 2.11. The number of amides is 1. The Bertz CT molecular complexity index is 873. The van der Waals surface area contributed by atoms with Gasteiger partial charge in [0.25, 0.3) is 5.91 Å². The maximum Gasteiger partial charge on any atom is 0.418 e. The van der Waals surface area contributed by atoms with E-state index in [1.54, 1.807) is 0 Å². The van der Waals surface area contributed by atoms with Gasteiger partial charge < -0.3 is 5.32 Å². The first kappa shape index (κ1) is 17.2. The lowest BCUT2D eigenvalue weighted by atomic mass is 10.2. The number of thioether (sulfide) groups is 1. The fourth-order valence-corrected chi connectivity index (χ4v) is 2.95. The first-order chi connectivity index (χ1) is 11.8. The molecule has 1 saturated heterocycles. The molecule has 1 heterocycles. The number of para-hydroxylation sites is 1. The molecule has 0 radical (unpaired) electrons. The van der Waals surface area contributed by atoms with E-state index in [-0.39, 0.29) is 15.8 Å². The number of rotatable bonds is 2. The summed E-state index contributed by atoms with van der Waals surface area (Å²) in [5.41, 5.74) is -0.565. The lowest BCUT2D eigenvalue weighted by molar-refractivity contribution is -0.137. The van der Waals surface area contributed by atoms with Gasteiger partial charge in [-0.05, 0) is 47.7 Å². The molecular formula is C17H10F4N2OS. The maximum absolute atomic E-state index is 13.0. The van der Waals surface area contributed by atoms with Crippen molar-refractivity contribution in [1.29, 1.82) is 0 Å². The van der Waals surface area contributed by atoms with Gasteiger partial charge in [-0.2, -0.15) is 13.2 Å². The van der Waals surface area contributed by atoms with Crippen LogP contribution in [0, 0.1) is 5.82 Å². The molecule has 3 rings (SSSR count). The normalized spacial score (nSPS) is 18.0. The molecule has 2 aromatic carbocycles. The van der Waals surface area contributed by atoms with Gasteiger partial charge in [0.15, 0.2) is 5.17 Å². The van der Waals surface area contributed by atoms with Crippen molar-refractivity contribution in [1.82, 2.24) is 5.32 Å². The Hall–Kier alpha value is -2.61. The third kappa shape index (κ3) is 4.08. The van der Waals surface area contributed by atoms with Crippen molar-refractivity contribution < 1.29 is 22.4 Å². The number of hydrogen-bond acceptors (Lipinski definition) is 3. The number of benzene rings is 2. The van der Waals surface area contributed by atoms with Crippen LogP contribution in [0.15, 0.2) is 58.4 Å². The van der Waals surface area contributed by atoms with Gasteiger partial charge in [-0.1, -0.05) is 24.3 Å². The van der Waals surface area contributed by atoms with Gasteiger partial charge in [-0.25, -0.2) is 9.38 Å². The molecule has 1 aliphatic rings. The molecule has 1 amide bonds. The Morgan fingerprint density at radius 3 is 2.40 bits per heavy atom. The molecule has 0 saturated carbocycles. The summed E-state index contributed by atoms with van der Waals surface area (Å²) in [6.45, 7) is 0. The number of amidine groups is 1. The van der Waals surface area contributed by atoms with Gasteiger partial charge in [0.1, 0.15) is 5.82 Å². The van der Waals surface area contributed by atoms with Gasteiger partial charge in [0.05, 0.1) is 16.2 Å². The Labute approximate surface area is 144 Å². The summed E-state index contributed by atoms with van der Waals surface area (Å²) in [6, 6.07) is 10.3. The number of halogens is 4. The van der Waals surface area contributed by atoms with Crippen molar-refractivity contribution in [3.05, 3.63) is 70.4 Å². The standard InChI is InChI=1S/C17H10F4N2OS/c18-11-7-5-10(6-8-11)9-14-15(24)23-16(25-14)22-13-4-2-1-3-12(13)17(19,20)21/h1-9H,(H,22,23,24). The van der Waals surface area contributed by atoms with Gasteiger partial charge in [0.2, 0.25) is 0 Å². The molecule has 1 N–H and O–H groups in total. The number of carbonyl (C=O) groups is 1. The van der Waals surface area contributed by atoms with Crippen LogP contribution >= 0.6 is 11.8 Å². The third-order valence-corrected chi connectivity index (χ3v) is 4.16. The molecule has 0 aromatic heterocycles. The Morgan fingerprint density at radius 1 is 1.04 bits per heavy atom. The monoisotopic (exact) mass is 366 g/mol. The van der Waals surface area contributed by atoms with E-state index in [0.29, 0.717) is 5.56 Å². The summed E-state index contributed by atoms with van der Waals surface area (Å²) in [5.74, 6) is -0.880. The molecule has 25 heavy (non-hydrogen) atoms. The Kier molecular flexibility index (Phi) is 4.63. The second-order valence-electron chi connectivity index (χ2n) is 5.05. The second kappa shape index (κ2) is 6.72. The van der Waals surface area contributed by atoms with E-state index >= 15 is 0 Å². The zero-order valence-electron chi connectivity index (χ0n) is 12.5. The highest BCUT2D eigenvalue weighted by atomic mass is 32.2. The highest BCUT2D eigenvalue weighted by Gasteiger charge is 2.34. The van der Waals surface area contributed by atoms with Gasteiger partial charge in [-0.3, -0.25) is 4.79 Å². The molecule has 0 aliphatic carbocycles. The van der Waals surface area contributed by atoms with Crippen molar-refractivity contribution in [2.75, 3.05) is 0 Å². The summed E-state index contributed by atoms with van der Waals surface area (Å²) < 4.78 is 51.9. The average molecular weight is 366 g/mol. The zero-order valence-corrected chi connectivity index (χ0v) is 13.3. The Morgan fingerprint density at radius 2 is 1.72 bits per heavy atom. The quantitative estimate of drug-likeness (QED) is 0.616. The number of nitrogens with one attached hydrogen (secondary N) is 1. The number of carbonyl (C=O) groups excluding carboxylic acids is 1. The van der Waals surface area contributed by atoms with Gasteiger partial charge in [0, 0.05) is 0 Å². The highest BCUT2D eigenvalue weighted by Crippen LogP contribution is 2.37. The molecule has 128 valence electrons. The van der Waals surface area contributed by atoms with Crippen LogP contribution in [0.3, 0.4) is 0 Å². The molecule has 0 atom stereocenters. The maximum atomic E-state index is 13.0. The molecular weight excluding hydrogens is 356 g/mol. The van der Waals surface area contributed by atoms with Crippen LogP contribution in [-0.4, -0.2) is 11.1 Å².